The first-order chi connectivity index (χ1) is 11.4. The fourth-order valence-electron chi connectivity index (χ4n) is 7.86. The third-order valence-corrected chi connectivity index (χ3v) is 9.42. The normalized spacial score (nSPS) is 55.2. The molecule has 4 saturated carbocycles. The van der Waals surface area contributed by atoms with Gasteiger partial charge in [-0.3, -0.25) is 4.79 Å². The van der Waals surface area contributed by atoms with Crippen LogP contribution in [-0.4, -0.2) is 5.78 Å². The van der Waals surface area contributed by atoms with Gasteiger partial charge < -0.3 is 0 Å². The summed E-state index contributed by atoms with van der Waals surface area (Å²) in [5, 5.41) is 10.3. The highest BCUT2D eigenvalue weighted by molar-refractivity contribution is 6.43. The molecule has 5 aliphatic rings. The molecule has 0 bridgehead atoms. The highest BCUT2D eigenvalue weighted by Crippen LogP contribution is 2.75. The van der Waals surface area contributed by atoms with E-state index in [1.807, 2.05) is 0 Å². The van der Waals surface area contributed by atoms with Crippen molar-refractivity contribution in [2.24, 2.45) is 46.3 Å². The summed E-state index contributed by atoms with van der Waals surface area (Å²) < 4.78 is 0. The van der Waals surface area contributed by atoms with E-state index in [1.165, 1.54) is 31.3 Å². The largest absolute Gasteiger partial charge is 0.293 e. The minimum atomic E-state index is 0.129. The quantitative estimate of drug-likeness (QED) is 0.615. The van der Waals surface area contributed by atoms with E-state index in [1.54, 1.807) is 0 Å². The van der Waals surface area contributed by atoms with E-state index in [0.29, 0.717) is 23.3 Å². The Morgan fingerprint density at radius 2 is 1.92 bits per heavy atom. The highest BCUT2D eigenvalue weighted by Gasteiger charge is 2.70. The van der Waals surface area contributed by atoms with Gasteiger partial charge in [0.25, 0.3) is 0 Å². The van der Waals surface area contributed by atoms with Crippen molar-refractivity contribution in [3.63, 3.8) is 0 Å². The number of nitriles is 1. The summed E-state index contributed by atoms with van der Waals surface area (Å²) in [7, 11) is 0. The van der Waals surface area contributed by atoms with E-state index in [9.17, 15) is 10.1 Å². The molecule has 0 aromatic carbocycles. The highest BCUT2D eigenvalue weighted by atomic mass is 35.5. The van der Waals surface area contributed by atoms with Gasteiger partial charge in [0.15, 0.2) is 5.78 Å². The second kappa shape index (κ2) is 4.67. The number of rotatable bonds is 0. The number of halogens is 1. The average Bonchev–Trinajstić information content (AvgIpc) is 3.26. The van der Waals surface area contributed by atoms with Crippen molar-refractivity contribution in [3.8, 4) is 6.07 Å². The molecule has 0 amide bonds. The molecule has 5 rings (SSSR count). The van der Waals surface area contributed by atoms with Crippen molar-refractivity contribution >= 4 is 17.4 Å². The van der Waals surface area contributed by atoms with E-state index in [-0.39, 0.29) is 22.5 Å². The van der Waals surface area contributed by atoms with Crippen molar-refractivity contribution in [2.75, 3.05) is 0 Å². The maximum absolute atomic E-state index is 12.1. The number of nitrogens with zero attached hydrogens (tertiary/aromatic N) is 1. The number of carbonyl (C=O) groups is 1. The second-order valence-corrected chi connectivity index (χ2v) is 10.1. The molecule has 0 heterocycles. The summed E-state index contributed by atoms with van der Waals surface area (Å²) in [5.74, 6) is 4.09. The van der Waals surface area contributed by atoms with Gasteiger partial charge in [0.1, 0.15) is 0 Å². The van der Waals surface area contributed by atoms with E-state index >= 15 is 0 Å². The van der Waals surface area contributed by atoms with Gasteiger partial charge in [-0.25, -0.2) is 0 Å². The first-order valence-electron chi connectivity index (χ1n) is 9.74. The summed E-state index contributed by atoms with van der Waals surface area (Å²) in [6.45, 7) is 4.80. The number of fused-ring (bicyclic) bond motifs is 7. The Bertz CT molecular complexity index is 705. The second-order valence-electron chi connectivity index (χ2n) is 9.68. The molecule has 8 atom stereocenters. The Morgan fingerprint density at radius 3 is 2.67 bits per heavy atom. The van der Waals surface area contributed by atoms with Crippen LogP contribution in [0.3, 0.4) is 0 Å². The van der Waals surface area contributed by atoms with Crippen LogP contribution in [0.5, 0.6) is 0 Å². The fraction of sp³-hybridized carbons (Fsp3) is 0.810. The molecule has 3 heteroatoms. The molecule has 0 N–H and O–H groups in total. The number of hydrogen-bond acceptors (Lipinski definition) is 2. The molecule has 24 heavy (non-hydrogen) atoms. The fourth-order valence-corrected chi connectivity index (χ4v) is 8.27. The average molecular weight is 344 g/mol. The maximum atomic E-state index is 12.1. The Hall–Kier alpha value is -0.810. The number of hydrogen-bond donors (Lipinski definition) is 0. The standard InChI is InChI=1S/C21H26ClNO/c1-20-8-6-17(24)19(22)15(20)4-3-11-14(20)5-7-21(2)16(10-23)12-9-13(12)18(11)21/h11-14,16,18H,3-9H2,1-2H3/t11-,12+,13-,14+,16+,18-,20-,21-/m1/s1. The molecule has 0 spiro atoms. The lowest BCUT2D eigenvalue weighted by Gasteiger charge is -2.58. The van der Waals surface area contributed by atoms with Crippen LogP contribution < -0.4 is 0 Å². The van der Waals surface area contributed by atoms with Gasteiger partial charge in [0, 0.05) is 6.42 Å². The summed E-state index contributed by atoms with van der Waals surface area (Å²) in [6.07, 6.45) is 7.49. The van der Waals surface area contributed by atoms with Gasteiger partial charge in [-0.05, 0) is 84.5 Å². The lowest BCUT2D eigenvalue weighted by atomic mass is 9.46. The van der Waals surface area contributed by atoms with Crippen LogP contribution in [0.1, 0.15) is 58.8 Å². The van der Waals surface area contributed by atoms with Gasteiger partial charge >= 0.3 is 0 Å². The first kappa shape index (κ1) is 15.4. The minimum Gasteiger partial charge on any atom is -0.293 e. The monoisotopic (exact) mass is 343 g/mol. The molecule has 0 aromatic heterocycles. The van der Waals surface area contributed by atoms with Gasteiger partial charge in [0.2, 0.25) is 0 Å². The number of allylic oxidation sites excluding steroid dienone is 1. The summed E-state index contributed by atoms with van der Waals surface area (Å²) in [4.78, 5) is 12.1. The zero-order valence-electron chi connectivity index (χ0n) is 14.6. The third kappa shape index (κ3) is 1.66. The lowest BCUT2D eigenvalue weighted by molar-refractivity contribution is -0.118. The summed E-state index contributed by atoms with van der Waals surface area (Å²) in [5.41, 5.74) is 1.65. The van der Waals surface area contributed by atoms with Crippen molar-refractivity contribution in [1.82, 2.24) is 0 Å². The number of ketones is 1. The SMILES string of the molecule is C[C@]12CC[C@H]3[C@@H](CCC4=C(Cl)C(=O)CC[C@@]43C)[C@@H]1[C@@H]1C[C@@H]1[C@@H]2C#N. The smallest absolute Gasteiger partial charge is 0.174 e. The van der Waals surface area contributed by atoms with Gasteiger partial charge in [-0.15, -0.1) is 0 Å². The first-order valence-corrected chi connectivity index (χ1v) is 10.1. The van der Waals surface area contributed by atoms with Crippen LogP contribution in [0.15, 0.2) is 10.6 Å². The molecule has 0 aliphatic heterocycles. The van der Waals surface area contributed by atoms with E-state index in [4.69, 9.17) is 11.6 Å². The van der Waals surface area contributed by atoms with Crippen molar-refractivity contribution in [3.05, 3.63) is 10.6 Å². The number of Topliss-reactive ketones (excluding diaryl/α,β-unsaturated/α-hetero) is 1. The number of carbonyl (C=O) groups excluding carboxylic acids is 1. The van der Waals surface area contributed by atoms with E-state index in [2.05, 4.69) is 19.9 Å². The van der Waals surface area contributed by atoms with Crippen LogP contribution in [0.2, 0.25) is 0 Å². The minimum absolute atomic E-state index is 0.129. The van der Waals surface area contributed by atoms with Crippen LogP contribution in [0, 0.1) is 57.7 Å². The lowest BCUT2D eigenvalue weighted by Crippen LogP contribution is -2.51. The molecule has 0 radical (unpaired) electrons. The van der Waals surface area contributed by atoms with E-state index in [0.717, 1.165) is 30.6 Å². The van der Waals surface area contributed by atoms with Crippen molar-refractivity contribution < 1.29 is 4.79 Å². The van der Waals surface area contributed by atoms with Gasteiger partial charge in [-0.1, -0.05) is 25.4 Å². The zero-order chi connectivity index (χ0) is 16.9. The molecule has 128 valence electrons. The molecular weight excluding hydrogens is 318 g/mol. The molecule has 2 nitrogen and oxygen atoms in total. The maximum Gasteiger partial charge on any atom is 0.174 e. The molecule has 0 aromatic rings. The van der Waals surface area contributed by atoms with Gasteiger partial charge in [0.05, 0.1) is 17.0 Å². The molecule has 0 saturated heterocycles. The van der Waals surface area contributed by atoms with E-state index < -0.39 is 0 Å². The Kier molecular flexibility index (Phi) is 3.01. The molecule has 5 aliphatic carbocycles. The van der Waals surface area contributed by atoms with Gasteiger partial charge in [-0.2, -0.15) is 5.26 Å². The zero-order valence-corrected chi connectivity index (χ0v) is 15.4. The Morgan fingerprint density at radius 1 is 1.12 bits per heavy atom. The van der Waals surface area contributed by atoms with Crippen molar-refractivity contribution in [2.45, 2.75) is 58.8 Å². The van der Waals surface area contributed by atoms with Crippen LogP contribution in [-0.2, 0) is 4.79 Å². The third-order valence-electron chi connectivity index (χ3n) is 8.98. The van der Waals surface area contributed by atoms with Crippen LogP contribution in [0.4, 0.5) is 0 Å². The Labute approximate surface area is 149 Å². The molecule has 4 fully saturated rings. The van der Waals surface area contributed by atoms with Crippen LogP contribution >= 0.6 is 11.6 Å². The summed E-state index contributed by atoms with van der Waals surface area (Å²) >= 11 is 6.47. The van der Waals surface area contributed by atoms with Crippen LogP contribution in [0.25, 0.3) is 0 Å². The van der Waals surface area contributed by atoms with Crippen molar-refractivity contribution in [1.29, 1.82) is 5.26 Å². The predicted molar refractivity (Wildman–Crippen MR) is 93.0 cm³/mol. The molecule has 0 unspecified atom stereocenters. The topological polar surface area (TPSA) is 40.9 Å². The summed E-state index contributed by atoms with van der Waals surface area (Å²) in [6, 6.07) is 2.69. The predicted octanol–water partition coefficient (Wildman–Crippen LogP) is 5.08. The Balaban J connectivity index is 1.55. The molecular formula is C21H26ClNO.